The Hall–Kier alpha value is -3.52. The second kappa shape index (κ2) is 7.72. The van der Waals surface area contributed by atoms with Crippen molar-refractivity contribution >= 4 is 32.6 Å². The summed E-state index contributed by atoms with van der Waals surface area (Å²) >= 11 is 1.67. The van der Waals surface area contributed by atoms with Crippen molar-refractivity contribution in [3.05, 3.63) is 66.6 Å². The number of aromatic nitrogens is 3. The summed E-state index contributed by atoms with van der Waals surface area (Å²) in [6.45, 7) is 0. The standard InChI is InChI=1S/C22H19N5O2S/c23-21(28)17-8-7-13(12-25-17)20-18(5-3-9-24-20)29-15-10-14(11-15)26-22-27-16-4-1-2-6-19(16)30-22/h1-9,12,14-15H,10-11H2,(H2,23,28)(H,26,27). The number of thiazole rings is 1. The van der Waals surface area contributed by atoms with Crippen molar-refractivity contribution in [2.24, 2.45) is 5.73 Å². The number of primary amides is 1. The fourth-order valence-corrected chi connectivity index (χ4v) is 4.39. The molecule has 150 valence electrons. The van der Waals surface area contributed by atoms with Crippen LogP contribution in [0.3, 0.4) is 0 Å². The van der Waals surface area contributed by atoms with E-state index in [9.17, 15) is 4.79 Å². The van der Waals surface area contributed by atoms with Gasteiger partial charge in [0, 0.05) is 36.8 Å². The Morgan fingerprint density at radius 1 is 1.10 bits per heavy atom. The lowest BCUT2D eigenvalue weighted by Gasteiger charge is -2.36. The van der Waals surface area contributed by atoms with Gasteiger partial charge in [0.05, 0.1) is 10.2 Å². The van der Waals surface area contributed by atoms with E-state index in [1.165, 1.54) is 4.70 Å². The molecular formula is C22H19N5O2S. The van der Waals surface area contributed by atoms with Crippen molar-refractivity contribution in [1.82, 2.24) is 15.0 Å². The number of fused-ring (bicyclic) bond motifs is 1. The predicted octanol–water partition coefficient (Wildman–Crippen LogP) is 3.87. The maximum absolute atomic E-state index is 11.2. The number of nitrogens with one attached hydrogen (secondary N) is 1. The fourth-order valence-electron chi connectivity index (χ4n) is 3.45. The summed E-state index contributed by atoms with van der Waals surface area (Å²) < 4.78 is 7.38. The molecular weight excluding hydrogens is 398 g/mol. The van der Waals surface area contributed by atoms with E-state index in [4.69, 9.17) is 10.5 Å². The van der Waals surface area contributed by atoms with Gasteiger partial charge < -0.3 is 15.8 Å². The second-order valence-corrected chi connectivity index (χ2v) is 8.22. The average Bonchev–Trinajstić information content (AvgIpc) is 3.15. The largest absolute Gasteiger partial charge is 0.488 e. The summed E-state index contributed by atoms with van der Waals surface area (Å²) in [5.74, 6) is 0.148. The van der Waals surface area contributed by atoms with E-state index in [0.29, 0.717) is 17.5 Å². The normalized spacial score (nSPS) is 18.0. The molecule has 1 amide bonds. The third kappa shape index (κ3) is 3.69. The van der Waals surface area contributed by atoms with Crippen molar-refractivity contribution in [3.8, 4) is 17.0 Å². The highest BCUT2D eigenvalue weighted by atomic mass is 32.1. The number of ether oxygens (including phenoxy) is 1. The van der Waals surface area contributed by atoms with Crippen LogP contribution in [-0.2, 0) is 0 Å². The zero-order valence-electron chi connectivity index (χ0n) is 16.0. The monoisotopic (exact) mass is 417 g/mol. The molecule has 1 fully saturated rings. The first-order valence-corrected chi connectivity index (χ1v) is 10.5. The number of hydrogen-bond donors (Lipinski definition) is 2. The molecule has 3 aromatic heterocycles. The number of carbonyl (C=O) groups is 1. The zero-order chi connectivity index (χ0) is 20.5. The molecule has 3 heterocycles. The Kier molecular flexibility index (Phi) is 4.76. The molecule has 0 radical (unpaired) electrons. The van der Waals surface area contributed by atoms with E-state index in [1.54, 1.807) is 35.9 Å². The van der Waals surface area contributed by atoms with Crippen LogP contribution in [0.2, 0.25) is 0 Å². The summed E-state index contributed by atoms with van der Waals surface area (Å²) in [6.07, 6.45) is 5.19. The SMILES string of the molecule is NC(=O)c1ccc(-c2ncccc2OC2CC(Nc3nc4ccccc4s3)C2)cn1. The number of hydrogen-bond acceptors (Lipinski definition) is 7. The Balaban J connectivity index is 1.24. The Morgan fingerprint density at radius 3 is 2.73 bits per heavy atom. The molecule has 0 spiro atoms. The molecule has 0 saturated heterocycles. The molecule has 8 heteroatoms. The van der Waals surface area contributed by atoms with Crippen LogP contribution in [0.15, 0.2) is 60.9 Å². The highest BCUT2D eigenvalue weighted by Crippen LogP contribution is 2.34. The van der Waals surface area contributed by atoms with Crippen LogP contribution < -0.4 is 15.8 Å². The van der Waals surface area contributed by atoms with E-state index in [-0.39, 0.29) is 11.8 Å². The summed E-state index contributed by atoms with van der Waals surface area (Å²) in [6, 6.07) is 15.6. The van der Waals surface area contributed by atoms with E-state index >= 15 is 0 Å². The van der Waals surface area contributed by atoms with Crippen LogP contribution >= 0.6 is 11.3 Å². The zero-order valence-corrected chi connectivity index (χ0v) is 16.8. The van der Waals surface area contributed by atoms with Gasteiger partial charge in [-0.2, -0.15) is 0 Å². The third-order valence-corrected chi connectivity index (χ3v) is 6.04. The molecule has 0 bridgehead atoms. The molecule has 5 rings (SSSR count). The van der Waals surface area contributed by atoms with Gasteiger partial charge in [-0.1, -0.05) is 23.5 Å². The highest BCUT2D eigenvalue weighted by Gasteiger charge is 2.32. The van der Waals surface area contributed by atoms with Crippen LogP contribution in [-0.4, -0.2) is 33.0 Å². The van der Waals surface area contributed by atoms with Crippen molar-refractivity contribution in [2.75, 3.05) is 5.32 Å². The smallest absolute Gasteiger partial charge is 0.267 e. The third-order valence-electron chi connectivity index (χ3n) is 5.07. The number of pyridine rings is 2. The highest BCUT2D eigenvalue weighted by molar-refractivity contribution is 7.22. The van der Waals surface area contributed by atoms with Crippen LogP contribution in [0.5, 0.6) is 5.75 Å². The summed E-state index contributed by atoms with van der Waals surface area (Å²) in [4.78, 5) is 24.4. The van der Waals surface area contributed by atoms with Gasteiger partial charge in [-0.25, -0.2) is 4.98 Å². The Bertz CT molecular complexity index is 1170. The van der Waals surface area contributed by atoms with Crippen molar-refractivity contribution in [2.45, 2.75) is 25.0 Å². The van der Waals surface area contributed by atoms with Crippen molar-refractivity contribution in [3.63, 3.8) is 0 Å². The van der Waals surface area contributed by atoms with Crippen LogP contribution in [0, 0.1) is 0 Å². The van der Waals surface area contributed by atoms with Gasteiger partial charge in [-0.05, 0) is 36.4 Å². The quantitative estimate of drug-likeness (QED) is 0.494. The Labute approximate surface area is 177 Å². The molecule has 0 aliphatic heterocycles. The van der Waals surface area contributed by atoms with E-state index in [1.807, 2.05) is 30.3 Å². The molecule has 7 nitrogen and oxygen atoms in total. The van der Waals surface area contributed by atoms with Gasteiger partial charge in [-0.15, -0.1) is 0 Å². The minimum Gasteiger partial charge on any atom is -0.488 e. The van der Waals surface area contributed by atoms with Gasteiger partial charge in [-0.3, -0.25) is 14.8 Å². The van der Waals surface area contributed by atoms with E-state index in [0.717, 1.165) is 29.1 Å². The van der Waals surface area contributed by atoms with Crippen LogP contribution in [0.4, 0.5) is 5.13 Å². The van der Waals surface area contributed by atoms with E-state index in [2.05, 4.69) is 26.3 Å². The lowest BCUT2D eigenvalue weighted by molar-refractivity contribution is 0.0995. The molecule has 1 aliphatic rings. The maximum atomic E-state index is 11.2. The molecule has 4 aromatic rings. The van der Waals surface area contributed by atoms with Crippen LogP contribution in [0.1, 0.15) is 23.3 Å². The minimum atomic E-state index is -0.555. The fraction of sp³-hybridized carbons (Fsp3) is 0.182. The van der Waals surface area contributed by atoms with Gasteiger partial charge in [0.15, 0.2) is 5.13 Å². The lowest BCUT2D eigenvalue weighted by atomic mass is 9.89. The van der Waals surface area contributed by atoms with Crippen molar-refractivity contribution in [1.29, 1.82) is 0 Å². The molecule has 1 aliphatic carbocycles. The van der Waals surface area contributed by atoms with Crippen LogP contribution in [0.25, 0.3) is 21.5 Å². The number of carbonyl (C=O) groups excluding carboxylic acids is 1. The number of benzene rings is 1. The van der Waals surface area contributed by atoms with E-state index < -0.39 is 5.91 Å². The number of nitrogens with two attached hydrogens (primary N) is 1. The average molecular weight is 417 g/mol. The molecule has 30 heavy (non-hydrogen) atoms. The number of anilines is 1. The van der Waals surface area contributed by atoms with Gasteiger partial charge >= 0.3 is 0 Å². The molecule has 0 atom stereocenters. The van der Waals surface area contributed by atoms with Gasteiger partial charge in [0.1, 0.15) is 23.2 Å². The molecule has 1 aromatic carbocycles. The number of amides is 1. The second-order valence-electron chi connectivity index (χ2n) is 7.19. The van der Waals surface area contributed by atoms with Gasteiger partial charge in [0.25, 0.3) is 5.91 Å². The summed E-state index contributed by atoms with van der Waals surface area (Å²) in [5, 5.41) is 4.45. The number of rotatable bonds is 6. The first kappa shape index (κ1) is 18.5. The maximum Gasteiger partial charge on any atom is 0.267 e. The minimum absolute atomic E-state index is 0.109. The number of para-hydroxylation sites is 1. The molecule has 0 unspecified atom stereocenters. The van der Waals surface area contributed by atoms with Gasteiger partial charge in [0.2, 0.25) is 0 Å². The topological polar surface area (TPSA) is 103 Å². The summed E-state index contributed by atoms with van der Waals surface area (Å²) in [7, 11) is 0. The van der Waals surface area contributed by atoms with Crippen molar-refractivity contribution < 1.29 is 9.53 Å². The Morgan fingerprint density at radius 2 is 1.97 bits per heavy atom. The lowest BCUT2D eigenvalue weighted by Crippen LogP contribution is -2.42. The predicted molar refractivity (Wildman–Crippen MR) is 117 cm³/mol. The molecule has 1 saturated carbocycles. The molecule has 3 N–H and O–H groups in total. The first-order chi connectivity index (χ1) is 14.7. The first-order valence-electron chi connectivity index (χ1n) is 9.66. The number of nitrogens with zero attached hydrogens (tertiary/aromatic N) is 3. The summed E-state index contributed by atoms with van der Waals surface area (Å²) in [5.41, 5.74) is 7.98.